The van der Waals surface area contributed by atoms with Gasteiger partial charge in [0.15, 0.2) is 12.6 Å². The molecule has 7 nitrogen and oxygen atoms in total. The van der Waals surface area contributed by atoms with Gasteiger partial charge >= 0.3 is 0 Å². The predicted octanol–water partition coefficient (Wildman–Crippen LogP) is 2.33. The number of anilines is 1. The van der Waals surface area contributed by atoms with Gasteiger partial charge in [0.25, 0.3) is 5.91 Å². The molecule has 0 atom stereocenters. The minimum absolute atomic E-state index is 0.0122. The normalized spacial score (nSPS) is 14.3. The van der Waals surface area contributed by atoms with Crippen LogP contribution < -0.4 is 15.0 Å². The molecule has 0 unspecified atom stereocenters. The third kappa shape index (κ3) is 6.09. The number of halogens is 2. The third-order valence-corrected chi connectivity index (χ3v) is 5.25. The Bertz CT molecular complexity index is 959. The fourth-order valence-electron chi connectivity index (χ4n) is 3.42. The smallest absolute Gasteiger partial charge is 0.259 e. The molecule has 1 fully saturated rings. The zero-order valence-electron chi connectivity index (χ0n) is 18.6. The summed E-state index contributed by atoms with van der Waals surface area (Å²) in [5.41, 5.74) is 1.28. The lowest BCUT2D eigenvalue weighted by molar-refractivity contribution is -0.130. The van der Waals surface area contributed by atoms with Gasteiger partial charge in [0, 0.05) is 59.9 Å². The van der Waals surface area contributed by atoms with Crippen molar-refractivity contribution >= 4 is 17.6 Å². The average molecular weight is 446 g/mol. The number of likely N-dealkylation sites (N-methyl/N-ethyl adjacent to an activating group) is 1. The number of rotatable bonds is 6. The summed E-state index contributed by atoms with van der Waals surface area (Å²) in [5, 5.41) is 3.33. The van der Waals surface area contributed by atoms with Crippen LogP contribution in [0, 0.1) is 11.6 Å². The molecule has 0 bridgehead atoms. The molecule has 0 aliphatic carbocycles. The fourth-order valence-corrected chi connectivity index (χ4v) is 3.42. The number of carbonyl (C=O) groups excluding carboxylic acids is 1. The number of hydrogen-bond donors (Lipinski definition) is 1. The molecule has 3 rings (SSSR count). The molecule has 2 aromatic carbocycles. The van der Waals surface area contributed by atoms with Gasteiger partial charge in [0.2, 0.25) is 0 Å². The highest BCUT2D eigenvalue weighted by atomic mass is 19.1. The minimum atomic E-state index is -0.446. The summed E-state index contributed by atoms with van der Waals surface area (Å²) in [4.78, 5) is 21.5. The van der Waals surface area contributed by atoms with Crippen LogP contribution in [0.15, 0.2) is 47.5 Å². The van der Waals surface area contributed by atoms with Crippen LogP contribution in [0.4, 0.5) is 14.5 Å². The van der Waals surface area contributed by atoms with E-state index in [-0.39, 0.29) is 18.2 Å². The van der Waals surface area contributed by atoms with Crippen molar-refractivity contribution in [2.45, 2.75) is 6.54 Å². The van der Waals surface area contributed by atoms with Crippen LogP contribution >= 0.6 is 0 Å². The van der Waals surface area contributed by atoms with Gasteiger partial charge in [-0.2, -0.15) is 0 Å². The Morgan fingerprint density at radius 1 is 1.12 bits per heavy atom. The number of ether oxygens (including phenoxy) is 1. The maximum absolute atomic E-state index is 14.1. The lowest BCUT2D eigenvalue weighted by atomic mass is 10.2. The van der Waals surface area contributed by atoms with Crippen molar-refractivity contribution in [3.05, 3.63) is 59.7 Å². The van der Waals surface area contributed by atoms with Crippen LogP contribution in [0.1, 0.15) is 5.56 Å². The van der Waals surface area contributed by atoms with E-state index in [0.717, 1.165) is 23.7 Å². The zero-order chi connectivity index (χ0) is 23.1. The summed E-state index contributed by atoms with van der Waals surface area (Å²) in [5.74, 6) is 0.389. The number of benzene rings is 2. The van der Waals surface area contributed by atoms with Gasteiger partial charge in [0.1, 0.15) is 17.4 Å². The highest BCUT2D eigenvalue weighted by molar-refractivity contribution is 5.80. The Hall–Kier alpha value is -3.36. The number of guanidine groups is 1. The Kier molecular flexibility index (Phi) is 7.86. The van der Waals surface area contributed by atoms with E-state index in [4.69, 9.17) is 4.74 Å². The van der Waals surface area contributed by atoms with Crippen molar-refractivity contribution in [1.29, 1.82) is 0 Å². The molecule has 0 aromatic heterocycles. The number of hydrogen-bond acceptors (Lipinski definition) is 4. The van der Waals surface area contributed by atoms with Crippen molar-refractivity contribution in [3.63, 3.8) is 0 Å². The number of amides is 1. The van der Waals surface area contributed by atoms with Crippen molar-refractivity contribution in [2.75, 3.05) is 58.8 Å². The number of carbonyl (C=O) groups is 1. The topological polar surface area (TPSA) is 60.4 Å². The monoisotopic (exact) mass is 445 g/mol. The van der Waals surface area contributed by atoms with E-state index in [2.05, 4.69) is 15.2 Å². The molecule has 0 radical (unpaired) electrons. The van der Waals surface area contributed by atoms with Gasteiger partial charge in [-0.1, -0.05) is 12.1 Å². The molecule has 9 heteroatoms. The van der Waals surface area contributed by atoms with E-state index in [1.54, 1.807) is 21.1 Å². The van der Waals surface area contributed by atoms with E-state index in [1.807, 2.05) is 29.2 Å². The maximum Gasteiger partial charge on any atom is 0.259 e. The van der Waals surface area contributed by atoms with E-state index in [9.17, 15) is 13.6 Å². The molecular formula is C23H29F2N5O2. The highest BCUT2D eigenvalue weighted by Crippen LogP contribution is 2.22. The van der Waals surface area contributed by atoms with Gasteiger partial charge < -0.3 is 24.8 Å². The predicted molar refractivity (Wildman–Crippen MR) is 121 cm³/mol. The second-order valence-corrected chi connectivity index (χ2v) is 7.69. The lowest BCUT2D eigenvalue weighted by Crippen LogP contribution is -2.52. The molecule has 2 aromatic rings. The first kappa shape index (κ1) is 23.3. The molecule has 1 saturated heterocycles. The molecule has 172 valence electrons. The van der Waals surface area contributed by atoms with E-state index in [1.165, 1.54) is 11.0 Å². The molecule has 32 heavy (non-hydrogen) atoms. The molecule has 0 spiro atoms. The number of piperazine rings is 1. The number of aliphatic imine (C=N–C) groups is 1. The van der Waals surface area contributed by atoms with Crippen molar-refractivity contribution in [3.8, 4) is 5.75 Å². The second kappa shape index (κ2) is 10.8. The molecule has 1 aliphatic heterocycles. The molecule has 1 aliphatic rings. The van der Waals surface area contributed by atoms with E-state index < -0.39 is 11.6 Å². The van der Waals surface area contributed by atoms with Crippen LogP contribution in [0.25, 0.3) is 0 Å². The summed E-state index contributed by atoms with van der Waals surface area (Å²) in [7, 11) is 5.09. The van der Waals surface area contributed by atoms with Crippen molar-refractivity contribution in [1.82, 2.24) is 15.1 Å². The third-order valence-electron chi connectivity index (χ3n) is 5.25. The first-order valence-electron chi connectivity index (χ1n) is 10.4. The van der Waals surface area contributed by atoms with Gasteiger partial charge in [-0.05, 0) is 29.8 Å². The number of nitrogens with one attached hydrogen (secondary N) is 1. The second-order valence-electron chi connectivity index (χ2n) is 7.69. The van der Waals surface area contributed by atoms with Crippen molar-refractivity contribution in [2.24, 2.45) is 4.99 Å². The highest BCUT2D eigenvalue weighted by Gasteiger charge is 2.22. The molecular weight excluding hydrogens is 416 g/mol. The average Bonchev–Trinajstić information content (AvgIpc) is 2.80. The van der Waals surface area contributed by atoms with Gasteiger partial charge in [-0.25, -0.2) is 8.78 Å². The van der Waals surface area contributed by atoms with Crippen LogP contribution in [0.5, 0.6) is 5.75 Å². The van der Waals surface area contributed by atoms with Gasteiger partial charge in [0.05, 0.1) is 5.69 Å². The summed E-state index contributed by atoms with van der Waals surface area (Å²) in [6.07, 6.45) is 0. The standard InChI is InChI=1S/C23H29F2N5O2/c1-26-23(27-15-17-5-4-6-19(13-17)32-16-22(31)28(2)3)30-11-9-29(10-12-30)21-14-18(24)7-8-20(21)25/h4-8,13-14H,9-12,15-16H2,1-3H3,(H,26,27). The Morgan fingerprint density at radius 2 is 1.88 bits per heavy atom. The molecule has 0 saturated carbocycles. The first-order chi connectivity index (χ1) is 15.4. The van der Waals surface area contributed by atoms with Crippen LogP contribution in [-0.4, -0.2) is 75.6 Å². The van der Waals surface area contributed by atoms with Gasteiger partial charge in [-0.3, -0.25) is 9.79 Å². The lowest BCUT2D eigenvalue weighted by Gasteiger charge is -2.37. The first-order valence-corrected chi connectivity index (χ1v) is 10.4. The van der Waals surface area contributed by atoms with Crippen molar-refractivity contribution < 1.29 is 18.3 Å². The quantitative estimate of drug-likeness (QED) is 0.546. The van der Waals surface area contributed by atoms with E-state index >= 15 is 0 Å². The summed E-state index contributed by atoms with van der Waals surface area (Å²) in [6.45, 7) is 2.90. The number of nitrogens with zero attached hydrogens (tertiary/aromatic N) is 4. The summed E-state index contributed by atoms with van der Waals surface area (Å²) >= 11 is 0. The Morgan fingerprint density at radius 3 is 2.56 bits per heavy atom. The summed E-state index contributed by atoms with van der Waals surface area (Å²) < 4.78 is 33.1. The largest absolute Gasteiger partial charge is 0.484 e. The van der Waals surface area contributed by atoms with Crippen LogP contribution in [0.2, 0.25) is 0 Å². The maximum atomic E-state index is 14.1. The Labute approximate surface area is 187 Å². The molecule has 1 heterocycles. The van der Waals surface area contributed by atoms with Gasteiger partial charge in [-0.15, -0.1) is 0 Å². The van der Waals surface area contributed by atoms with Crippen LogP contribution in [-0.2, 0) is 11.3 Å². The fraction of sp³-hybridized carbons (Fsp3) is 0.391. The molecule has 1 N–H and O–H groups in total. The van der Waals surface area contributed by atoms with E-state index in [0.29, 0.717) is 38.5 Å². The zero-order valence-corrected chi connectivity index (χ0v) is 18.6. The molecule has 1 amide bonds. The SMILES string of the molecule is CN=C(NCc1cccc(OCC(=O)N(C)C)c1)N1CCN(c2cc(F)ccc2F)CC1. The Balaban J connectivity index is 1.53. The van der Waals surface area contributed by atoms with Crippen LogP contribution in [0.3, 0.4) is 0 Å². The summed E-state index contributed by atoms with van der Waals surface area (Å²) in [6, 6.07) is 11.1. The minimum Gasteiger partial charge on any atom is -0.484 e.